The highest BCUT2D eigenvalue weighted by Crippen LogP contribution is 2.58. The first kappa shape index (κ1) is 17.1. The van der Waals surface area contributed by atoms with Gasteiger partial charge in [-0.1, -0.05) is 6.07 Å². The number of pyridine rings is 1. The van der Waals surface area contributed by atoms with E-state index in [1.807, 2.05) is 0 Å². The summed E-state index contributed by atoms with van der Waals surface area (Å²) in [5.74, 6) is -0.0238. The van der Waals surface area contributed by atoms with Crippen molar-refractivity contribution in [2.75, 3.05) is 19.0 Å². The molecule has 1 aliphatic carbocycles. The van der Waals surface area contributed by atoms with Gasteiger partial charge in [-0.25, -0.2) is 9.78 Å². The predicted octanol–water partition coefficient (Wildman–Crippen LogP) is 1.40. The van der Waals surface area contributed by atoms with Crippen molar-refractivity contribution >= 4 is 33.7 Å². The van der Waals surface area contributed by atoms with Crippen LogP contribution in [0.15, 0.2) is 16.7 Å². The smallest absolute Gasteiger partial charge is 0.408 e. The molecule has 130 valence electrons. The van der Waals surface area contributed by atoms with Crippen molar-refractivity contribution in [2.45, 2.75) is 31.5 Å². The highest BCUT2D eigenvalue weighted by molar-refractivity contribution is 9.10. The Bertz CT molecular complexity index is 685. The number of ether oxygens (including phenoxy) is 1. The molecule has 3 rings (SSSR count). The monoisotopic (exact) mass is 398 g/mol. The van der Waals surface area contributed by atoms with E-state index in [0.29, 0.717) is 35.6 Å². The molecule has 0 aromatic carbocycles. The molecule has 0 radical (unpaired) electrons. The molecule has 8 nitrogen and oxygen atoms in total. The van der Waals surface area contributed by atoms with Crippen LogP contribution in [-0.4, -0.2) is 52.7 Å². The molecule has 2 aliphatic rings. The maximum Gasteiger partial charge on any atom is 0.408 e. The Morgan fingerprint density at radius 2 is 2.29 bits per heavy atom. The highest BCUT2D eigenvalue weighted by Gasteiger charge is 2.66. The van der Waals surface area contributed by atoms with Crippen LogP contribution in [0.4, 0.5) is 10.6 Å². The first-order valence-corrected chi connectivity index (χ1v) is 8.37. The molecule has 1 saturated heterocycles. The SMILES string of the molecule is COCc1ccc(Br)nc1NC(=O)C1CC2(CN)CC2N1C(=O)O. The minimum atomic E-state index is -1.09. The van der Waals surface area contributed by atoms with Crippen molar-refractivity contribution in [3.05, 3.63) is 22.3 Å². The molecule has 24 heavy (non-hydrogen) atoms. The molecular weight excluding hydrogens is 380 g/mol. The van der Waals surface area contributed by atoms with Crippen LogP contribution >= 0.6 is 15.9 Å². The third-order valence-corrected chi connectivity index (χ3v) is 5.28. The van der Waals surface area contributed by atoms with Crippen LogP contribution in [0.1, 0.15) is 18.4 Å². The second-order valence-corrected chi connectivity index (χ2v) is 7.07. The maximum atomic E-state index is 12.7. The number of carbonyl (C=O) groups is 2. The zero-order chi connectivity index (χ0) is 17.5. The highest BCUT2D eigenvalue weighted by atomic mass is 79.9. The van der Waals surface area contributed by atoms with Crippen LogP contribution < -0.4 is 11.1 Å². The minimum Gasteiger partial charge on any atom is -0.465 e. The molecule has 3 atom stereocenters. The number of likely N-dealkylation sites (tertiary alicyclic amines) is 1. The number of halogens is 1. The van der Waals surface area contributed by atoms with Crippen LogP contribution in [0.3, 0.4) is 0 Å². The van der Waals surface area contributed by atoms with Gasteiger partial charge in [0.2, 0.25) is 5.91 Å². The standard InChI is InChI=1S/C15H19BrN4O4/c1-24-6-8-2-3-11(16)18-12(8)19-13(21)9-4-15(7-17)5-10(15)20(9)14(22)23/h2-3,9-10H,4-7,17H2,1H3,(H,22,23)(H,18,19,21). The van der Waals surface area contributed by atoms with Crippen molar-refractivity contribution in [1.82, 2.24) is 9.88 Å². The van der Waals surface area contributed by atoms with Gasteiger partial charge in [-0.2, -0.15) is 0 Å². The summed E-state index contributed by atoms with van der Waals surface area (Å²) in [5, 5.41) is 12.2. The Morgan fingerprint density at radius 1 is 1.54 bits per heavy atom. The largest absolute Gasteiger partial charge is 0.465 e. The first-order valence-electron chi connectivity index (χ1n) is 7.58. The fraction of sp³-hybridized carbons (Fsp3) is 0.533. The van der Waals surface area contributed by atoms with Crippen LogP contribution in [0, 0.1) is 5.41 Å². The van der Waals surface area contributed by atoms with Crippen molar-refractivity contribution in [3.8, 4) is 0 Å². The number of rotatable bonds is 5. The van der Waals surface area contributed by atoms with E-state index in [1.54, 1.807) is 19.2 Å². The molecule has 0 bridgehead atoms. The number of aromatic nitrogens is 1. The lowest BCUT2D eigenvalue weighted by molar-refractivity contribution is -0.120. The van der Waals surface area contributed by atoms with Gasteiger partial charge < -0.3 is 20.9 Å². The molecule has 1 aromatic rings. The van der Waals surface area contributed by atoms with Crippen molar-refractivity contribution in [3.63, 3.8) is 0 Å². The van der Waals surface area contributed by atoms with Gasteiger partial charge in [0, 0.05) is 30.7 Å². The number of carboxylic acid groups (broad SMARTS) is 1. The van der Waals surface area contributed by atoms with E-state index in [4.69, 9.17) is 10.5 Å². The summed E-state index contributed by atoms with van der Waals surface area (Å²) in [6.07, 6.45) is 0.0797. The van der Waals surface area contributed by atoms with Gasteiger partial charge in [0.05, 0.1) is 6.61 Å². The number of methoxy groups -OCH3 is 1. The summed E-state index contributed by atoms with van der Waals surface area (Å²) in [5.41, 5.74) is 6.25. The van der Waals surface area contributed by atoms with Gasteiger partial charge in [0.1, 0.15) is 16.5 Å². The molecule has 0 spiro atoms. The maximum absolute atomic E-state index is 12.7. The Balaban J connectivity index is 1.80. The molecule has 2 fully saturated rings. The Hall–Kier alpha value is -1.71. The zero-order valence-corrected chi connectivity index (χ0v) is 14.7. The summed E-state index contributed by atoms with van der Waals surface area (Å²) >= 11 is 3.27. The fourth-order valence-corrected chi connectivity index (χ4v) is 3.78. The van der Waals surface area contributed by atoms with Crippen molar-refractivity contribution in [1.29, 1.82) is 0 Å². The molecule has 1 aromatic heterocycles. The quantitative estimate of drug-likeness (QED) is 0.645. The van der Waals surface area contributed by atoms with Gasteiger partial charge in [0.25, 0.3) is 0 Å². The topological polar surface area (TPSA) is 118 Å². The number of carbonyl (C=O) groups excluding carboxylic acids is 1. The third kappa shape index (κ3) is 2.87. The number of amides is 2. The molecule has 4 N–H and O–H groups in total. The lowest BCUT2D eigenvalue weighted by atomic mass is 9.99. The van der Waals surface area contributed by atoms with Gasteiger partial charge in [-0.05, 0) is 34.8 Å². The molecule has 2 heterocycles. The summed E-state index contributed by atoms with van der Waals surface area (Å²) < 4.78 is 5.67. The normalized spacial score (nSPS) is 27.7. The Kier molecular flexibility index (Phi) is 4.50. The van der Waals surface area contributed by atoms with Crippen LogP contribution in [-0.2, 0) is 16.1 Å². The summed E-state index contributed by atoms with van der Waals surface area (Å²) in [6.45, 7) is 0.674. The zero-order valence-electron chi connectivity index (χ0n) is 13.2. The lowest BCUT2D eigenvalue weighted by Gasteiger charge is -2.24. The number of nitrogens with two attached hydrogens (primary N) is 1. The lowest BCUT2D eigenvalue weighted by Crippen LogP contribution is -2.45. The number of hydrogen-bond donors (Lipinski definition) is 3. The van der Waals surface area contributed by atoms with Crippen molar-refractivity contribution in [2.24, 2.45) is 11.1 Å². The van der Waals surface area contributed by atoms with Gasteiger partial charge in [-0.3, -0.25) is 9.69 Å². The second-order valence-electron chi connectivity index (χ2n) is 6.26. The summed E-state index contributed by atoms with van der Waals surface area (Å²) in [6, 6.07) is 2.63. The number of piperidine rings is 1. The average molecular weight is 399 g/mol. The minimum absolute atomic E-state index is 0.162. The van der Waals surface area contributed by atoms with Gasteiger partial charge in [-0.15, -0.1) is 0 Å². The summed E-state index contributed by atoms with van der Waals surface area (Å²) in [4.78, 5) is 29.7. The van der Waals surface area contributed by atoms with Crippen LogP contribution in [0.25, 0.3) is 0 Å². The number of fused-ring (bicyclic) bond motifs is 1. The summed E-state index contributed by atoms with van der Waals surface area (Å²) in [7, 11) is 1.55. The second kappa shape index (κ2) is 6.30. The Morgan fingerprint density at radius 3 is 2.92 bits per heavy atom. The van der Waals surface area contributed by atoms with E-state index in [9.17, 15) is 14.7 Å². The number of anilines is 1. The fourth-order valence-electron chi connectivity index (χ4n) is 3.47. The number of nitrogens with zero attached hydrogens (tertiary/aromatic N) is 2. The molecule has 1 aliphatic heterocycles. The van der Waals surface area contributed by atoms with Crippen LogP contribution in [0.5, 0.6) is 0 Å². The average Bonchev–Trinajstić information content (AvgIpc) is 3.14. The number of hydrogen-bond acceptors (Lipinski definition) is 5. The number of nitrogens with one attached hydrogen (secondary N) is 1. The van der Waals surface area contributed by atoms with E-state index < -0.39 is 12.1 Å². The van der Waals surface area contributed by atoms with E-state index in [2.05, 4.69) is 26.2 Å². The van der Waals surface area contributed by atoms with E-state index in [0.717, 1.165) is 6.42 Å². The van der Waals surface area contributed by atoms with Crippen molar-refractivity contribution < 1.29 is 19.4 Å². The third-order valence-electron chi connectivity index (χ3n) is 4.83. The molecule has 2 amide bonds. The van der Waals surface area contributed by atoms with Gasteiger partial charge >= 0.3 is 6.09 Å². The molecule has 3 unspecified atom stereocenters. The molecule has 9 heteroatoms. The van der Waals surface area contributed by atoms with Crippen LogP contribution in [0.2, 0.25) is 0 Å². The predicted molar refractivity (Wildman–Crippen MR) is 89.4 cm³/mol. The molecule has 1 saturated carbocycles. The molecular formula is C15H19BrN4O4. The van der Waals surface area contributed by atoms with E-state index >= 15 is 0 Å². The Labute approximate surface area is 147 Å². The van der Waals surface area contributed by atoms with Gasteiger partial charge in [0.15, 0.2) is 0 Å². The van der Waals surface area contributed by atoms with E-state index in [-0.39, 0.29) is 17.4 Å². The first-order chi connectivity index (χ1) is 11.4. The van der Waals surface area contributed by atoms with E-state index in [1.165, 1.54) is 4.90 Å².